The van der Waals surface area contributed by atoms with Gasteiger partial charge in [0.05, 0.1) is 35.8 Å². The van der Waals surface area contributed by atoms with E-state index in [0.29, 0.717) is 5.56 Å². The third kappa shape index (κ3) is 4.23. The van der Waals surface area contributed by atoms with Crippen LogP contribution < -0.4 is 5.32 Å². The highest BCUT2D eigenvalue weighted by Gasteiger charge is 2.64. The Balaban J connectivity index is 2.07. The number of hydrogen-bond donors (Lipinski definition) is 3. The number of carbonyl (C=O) groups excluding carboxylic acids is 2. The molecular weight excluding hydrogens is 523 g/mol. The third-order valence-corrected chi connectivity index (χ3v) is 8.46. The molecule has 0 aliphatic carbocycles. The number of aliphatic hydroxyl groups is 2. The van der Waals surface area contributed by atoms with Gasteiger partial charge >= 0.3 is 12.2 Å². The number of carbonyl (C=O) groups is 2. The number of aliphatic hydroxyl groups excluding tert-OH is 2. The number of hydrogen-bond acceptors (Lipinski definition) is 4. The zero-order chi connectivity index (χ0) is 28.0. The van der Waals surface area contributed by atoms with Crippen molar-refractivity contribution in [3.8, 4) is 0 Å². The van der Waals surface area contributed by atoms with Gasteiger partial charge in [-0.1, -0.05) is 42.8 Å². The van der Waals surface area contributed by atoms with Crippen LogP contribution in [0.5, 0.6) is 0 Å². The number of rotatable bonds is 5. The summed E-state index contributed by atoms with van der Waals surface area (Å²) in [4.78, 5) is 30.2. The van der Waals surface area contributed by atoms with Gasteiger partial charge in [-0.2, -0.15) is 13.2 Å². The number of nitrogens with one attached hydrogen (secondary N) is 1. The number of alkyl halides is 3. The molecule has 0 aromatic heterocycles. The van der Waals surface area contributed by atoms with Crippen molar-refractivity contribution in [2.45, 2.75) is 43.9 Å². The summed E-state index contributed by atoms with van der Waals surface area (Å²) in [6, 6.07) is 9.34. The summed E-state index contributed by atoms with van der Waals surface area (Å²) in [5.74, 6) is -1.24. The zero-order valence-electron chi connectivity index (χ0n) is 21.3. The summed E-state index contributed by atoms with van der Waals surface area (Å²) in [6.07, 6.45) is -4.65. The van der Waals surface area contributed by atoms with Gasteiger partial charge in [-0.3, -0.25) is 4.79 Å². The molecule has 206 valence electrons. The van der Waals surface area contributed by atoms with E-state index in [1.165, 1.54) is 13.1 Å². The molecule has 0 bridgehead atoms. The van der Waals surface area contributed by atoms with Gasteiger partial charge in [0, 0.05) is 31.1 Å². The molecule has 11 heteroatoms. The van der Waals surface area contributed by atoms with E-state index in [0.717, 1.165) is 17.7 Å². The summed E-state index contributed by atoms with van der Waals surface area (Å²) in [5, 5.41) is 23.0. The smallest absolute Gasteiger partial charge is 0.395 e. The minimum atomic E-state index is -4.65. The quantitative estimate of drug-likeness (QED) is 0.524. The minimum absolute atomic E-state index is 0.00229. The standard InChI is InChI=1S/C27H31ClF3N3O4/c1-16-6-4-5-7-21(16)26(17(2)18-10-19(27(29,30)31)12-20(28)11-18)22-13-25(14-35,15-36)23(37)33(22)8-9-34(26)24(38)32-3/h4-7,10-12,17,22,35-36H,8-9,13-15H2,1-3H3,(H,32,38)/t17-,22?,26?/m1/s1. The van der Waals surface area contributed by atoms with Crippen molar-refractivity contribution in [3.63, 3.8) is 0 Å². The van der Waals surface area contributed by atoms with Gasteiger partial charge in [-0.05, 0) is 48.2 Å². The number of nitrogens with zero attached hydrogens (tertiary/aromatic N) is 2. The lowest BCUT2D eigenvalue weighted by atomic mass is 9.65. The van der Waals surface area contributed by atoms with Crippen LogP contribution in [0, 0.1) is 12.3 Å². The normalized spacial score (nSPS) is 23.8. The first kappa shape index (κ1) is 28.2. The summed E-state index contributed by atoms with van der Waals surface area (Å²) in [6.45, 7) is 2.57. The van der Waals surface area contributed by atoms with Gasteiger partial charge in [-0.25, -0.2) is 4.79 Å². The van der Waals surface area contributed by atoms with Crippen LogP contribution >= 0.6 is 11.6 Å². The van der Waals surface area contributed by atoms with Gasteiger partial charge < -0.3 is 25.3 Å². The Bertz CT molecular complexity index is 1240. The molecule has 4 rings (SSSR count). The van der Waals surface area contributed by atoms with Gasteiger partial charge in [0.15, 0.2) is 0 Å². The monoisotopic (exact) mass is 553 g/mol. The molecule has 2 heterocycles. The van der Waals surface area contributed by atoms with E-state index in [-0.39, 0.29) is 30.1 Å². The van der Waals surface area contributed by atoms with Crippen molar-refractivity contribution in [3.05, 3.63) is 69.7 Å². The van der Waals surface area contributed by atoms with Crippen molar-refractivity contribution in [1.29, 1.82) is 0 Å². The zero-order valence-corrected chi connectivity index (χ0v) is 22.1. The van der Waals surface area contributed by atoms with Gasteiger partial charge in [0.25, 0.3) is 0 Å². The van der Waals surface area contributed by atoms with Crippen molar-refractivity contribution >= 4 is 23.5 Å². The highest BCUT2D eigenvalue weighted by atomic mass is 35.5. The fourth-order valence-electron chi connectivity index (χ4n) is 6.34. The predicted molar refractivity (Wildman–Crippen MR) is 136 cm³/mol. The number of benzene rings is 2. The fourth-order valence-corrected chi connectivity index (χ4v) is 6.58. The Morgan fingerprint density at radius 2 is 1.84 bits per heavy atom. The van der Waals surface area contributed by atoms with E-state index < -0.39 is 59.8 Å². The first-order chi connectivity index (χ1) is 17.9. The molecule has 38 heavy (non-hydrogen) atoms. The first-order valence-corrected chi connectivity index (χ1v) is 12.7. The van der Waals surface area contributed by atoms with Crippen LogP contribution in [0.15, 0.2) is 42.5 Å². The average Bonchev–Trinajstić information content (AvgIpc) is 3.19. The Morgan fingerprint density at radius 3 is 2.42 bits per heavy atom. The molecular formula is C27H31ClF3N3O4. The second kappa shape index (κ2) is 10.1. The highest BCUT2D eigenvalue weighted by Crippen LogP contribution is 2.55. The molecule has 2 aromatic rings. The van der Waals surface area contributed by atoms with Crippen LogP contribution in [0.25, 0.3) is 0 Å². The number of amides is 3. The molecule has 2 saturated heterocycles. The summed E-state index contributed by atoms with van der Waals surface area (Å²) < 4.78 is 41.4. The van der Waals surface area contributed by atoms with Crippen molar-refractivity contribution in [1.82, 2.24) is 15.1 Å². The number of piperazine rings is 1. The highest BCUT2D eigenvalue weighted by molar-refractivity contribution is 6.30. The maximum atomic E-state index is 13.8. The van der Waals surface area contributed by atoms with Crippen LogP contribution in [0.4, 0.5) is 18.0 Å². The van der Waals surface area contributed by atoms with Crippen LogP contribution in [0.3, 0.4) is 0 Å². The Morgan fingerprint density at radius 1 is 1.18 bits per heavy atom. The largest absolute Gasteiger partial charge is 0.416 e. The van der Waals surface area contributed by atoms with Crippen LogP contribution in [0.2, 0.25) is 5.02 Å². The summed E-state index contributed by atoms with van der Waals surface area (Å²) >= 11 is 6.19. The maximum absolute atomic E-state index is 13.8. The first-order valence-electron chi connectivity index (χ1n) is 12.3. The van der Waals surface area contributed by atoms with Crippen LogP contribution in [0.1, 0.15) is 41.5 Å². The van der Waals surface area contributed by atoms with Gasteiger partial charge in [0.1, 0.15) is 0 Å². The lowest BCUT2D eigenvalue weighted by Crippen LogP contribution is -2.69. The molecule has 3 amide bonds. The van der Waals surface area contributed by atoms with E-state index in [4.69, 9.17) is 11.6 Å². The topological polar surface area (TPSA) is 93.1 Å². The number of urea groups is 1. The average molecular weight is 554 g/mol. The van der Waals surface area contributed by atoms with E-state index in [2.05, 4.69) is 5.32 Å². The molecule has 2 aromatic carbocycles. The van der Waals surface area contributed by atoms with Crippen LogP contribution in [-0.4, -0.2) is 71.3 Å². The second-order valence-electron chi connectivity index (χ2n) is 10.2. The van der Waals surface area contributed by atoms with Crippen molar-refractivity contribution in [2.24, 2.45) is 5.41 Å². The minimum Gasteiger partial charge on any atom is -0.395 e. The number of fused-ring (bicyclic) bond motifs is 1. The SMILES string of the molecule is CNC(=O)N1CCN2C(=O)C(CO)(CO)CC2C1(c1ccccc1C)[C@H](C)c1cc(Cl)cc(C(F)(F)F)c1. The molecule has 0 spiro atoms. The second-order valence-corrected chi connectivity index (χ2v) is 10.6. The Hall–Kier alpha value is -2.82. The molecule has 2 fully saturated rings. The van der Waals surface area contributed by atoms with E-state index >= 15 is 0 Å². The Labute approximate surface area is 224 Å². The molecule has 3 atom stereocenters. The van der Waals surface area contributed by atoms with Gasteiger partial charge in [0.2, 0.25) is 5.91 Å². The lowest BCUT2D eigenvalue weighted by Gasteiger charge is -2.57. The maximum Gasteiger partial charge on any atom is 0.416 e. The van der Waals surface area contributed by atoms with Crippen molar-refractivity contribution < 1.29 is 33.0 Å². The van der Waals surface area contributed by atoms with E-state index in [9.17, 15) is 33.0 Å². The molecule has 2 aliphatic heterocycles. The summed E-state index contributed by atoms with van der Waals surface area (Å²) in [5.41, 5.74) is -2.11. The molecule has 3 N–H and O–H groups in total. The third-order valence-electron chi connectivity index (χ3n) is 8.24. The van der Waals surface area contributed by atoms with Gasteiger partial charge in [-0.15, -0.1) is 0 Å². The van der Waals surface area contributed by atoms with Crippen LogP contribution in [-0.2, 0) is 16.5 Å². The molecule has 2 aliphatic rings. The molecule has 2 unspecified atom stereocenters. The fraction of sp³-hybridized carbons (Fsp3) is 0.481. The summed E-state index contributed by atoms with van der Waals surface area (Å²) in [7, 11) is 1.47. The van der Waals surface area contributed by atoms with Crippen molar-refractivity contribution in [2.75, 3.05) is 33.4 Å². The van der Waals surface area contributed by atoms with E-state index in [1.807, 2.05) is 25.1 Å². The lowest BCUT2D eigenvalue weighted by molar-refractivity contribution is -0.144. The predicted octanol–water partition coefficient (Wildman–Crippen LogP) is 3.89. The molecule has 0 radical (unpaired) electrons. The molecule has 0 saturated carbocycles. The van der Waals surface area contributed by atoms with E-state index in [1.54, 1.807) is 22.8 Å². The molecule has 7 nitrogen and oxygen atoms in total. The Kier molecular flexibility index (Phi) is 7.46. The number of aryl methyl sites for hydroxylation is 1. The number of halogens is 4.